The van der Waals surface area contributed by atoms with Gasteiger partial charge in [0.2, 0.25) is 0 Å². The number of rotatable bonds is 6. The zero-order chi connectivity index (χ0) is 15.8. The van der Waals surface area contributed by atoms with Gasteiger partial charge in [0.15, 0.2) is 0 Å². The minimum atomic E-state index is -0.199. The molecule has 22 heavy (non-hydrogen) atoms. The molecule has 1 saturated heterocycles. The van der Waals surface area contributed by atoms with Crippen molar-refractivity contribution < 1.29 is 9.53 Å². The first-order valence-corrected chi connectivity index (χ1v) is 8.06. The Morgan fingerprint density at radius 2 is 2.14 bits per heavy atom. The fourth-order valence-electron chi connectivity index (χ4n) is 2.90. The number of nitrogens with zero attached hydrogens (tertiary/aromatic N) is 2. The predicted molar refractivity (Wildman–Crippen MR) is 87.5 cm³/mol. The van der Waals surface area contributed by atoms with Crippen molar-refractivity contribution in [3.63, 3.8) is 0 Å². The van der Waals surface area contributed by atoms with Crippen molar-refractivity contribution in [2.24, 2.45) is 5.73 Å². The highest BCUT2D eigenvalue weighted by molar-refractivity contribution is 5.68. The summed E-state index contributed by atoms with van der Waals surface area (Å²) in [5, 5.41) is 0. The largest absolute Gasteiger partial charge is 0.445 e. The molecule has 122 valence electrons. The van der Waals surface area contributed by atoms with E-state index in [-0.39, 0.29) is 12.1 Å². The number of nitrogens with two attached hydrogens (primary N) is 1. The summed E-state index contributed by atoms with van der Waals surface area (Å²) in [7, 11) is 2.05. The van der Waals surface area contributed by atoms with Crippen LogP contribution >= 0.6 is 0 Å². The molecule has 1 aromatic rings. The molecule has 0 unspecified atom stereocenters. The van der Waals surface area contributed by atoms with Gasteiger partial charge in [-0.25, -0.2) is 4.79 Å². The Labute approximate surface area is 133 Å². The number of likely N-dealkylation sites (tertiary alicyclic amines) is 1. The van der Waals surface area contributed by atoms with Gasteiger partial charge in [-0.15, -0.1) is 0 Å². The Kier molecular flexibility index (Phi) is 6.68. The van der Waals surface area contributed by atoms with Gasteiger partial charge in [0.1, 0.15) is 6.61 Å². The van der Waals surface area contributed by atoms with Crippen LogP contribution in [0.1, 0.15) is 24.8 Å². The minimum absolute atomic E-state index is 0.199. The first kappa shape index (κ1) is 16.8. The topological polar surface area (TPSA) is 58.8 Å². The van der Waals surface area contributed by atoms with E-state index in [9.17, 15) is 4.79 Å². The maximum atomic E-state index is 12.4. The highest BCUT2D eigenvalue weighted by Crippen LogP contribution is 2.19. The van der Waals surface area contributed by atoms with E-state index in [1.807, 2.05) is 35.2 Å². The molecule has 1 atom stereocenters. The summed E-state index contributed by atoms with van der Waals surface area (Å²) in [4.78, 5) is 16.5. The van der Waals surface area contributed by atoms with Crippen LogP contribution in [0.4, 0.5) is 4.79 Å². The van der Waals surface area contributed by atoms with E-state index in [1.54, 1.807) is 0 Å². The molecule has 1 aliphatic rings. The molecule has 0 aromatic heterocycles. The van der Waals surface area contributed by atoms with Crippen molar-refractivity contribution in [1.82, 2.24) is 9.80 Å². The third kappa shape index (κ3) is 5.00. The van der Waals surface area contributed by atoms with E-state index in [4.69, 9.17) is 10.5 Å². The van der Waals surface area contributed by atoms with Gasteiger partial charge >= 0.3 is 6.09 Å². The van der Waals surface area contributed by atoms with Crippen LogP contribution in [0.25, 0.3) is 0 Å². The Morgan fingerprint density at radius 1 is 1.36 bits per heavy atom. The normalized spacial score (nSPS) is 18.5. The number of amides is 1. The average Bonchev–Trinajstić information content (AvgIpc) is 2.54. The standard InChI is InChI=1S/C17H27N3O2/c1-19(12-10-18)13-16-9-5-6-11-20(16)17(21)22-14-15-7-3-2-4-8-15/h2-4,7-8,16H,5-6,9-14,18H2,1H3/t16-/m0/s1. The average molecular weight is 305 g/mol. The smallest absolute Gasteiger partial charge is 0.410 e. The molecule has 0 aliphatic carbocycles. The number of carbonyl (C=O) groups excluding carboxylic acids is 1. The van der Waals surface area contributed by atoms with Crippen LogP contribution in [0.2, 0.25) is 0 Å². The molecule has 1 fully saturated rings. The Morgan fingerprint density at radius 3 is 2.86 bits per heavy atom. The molecule has 1 aliphatic heterocycles. The molecular formula is C17H27N3O2. The SMILES string of the molecule is CN(CCN)C[C@@H]1CCCCN1C(=O)OCc1ccccc1. The molecule has 1 heterocycles. The van der Waals surface area contributed by atoms with Gasteiger partial charge in [-0.05, 0) is 31.9 Å². The summed E-state index contributed by atoms with van der Waals surface area (Å²) in [6.07, 6.45) is 3.06. The van der Waals surface area contributed by atoms with E-state index >= 15 is 0 Å². The summed E-state index contributed by atoms with van der Waals surface area (Å²) in [5.41, 5.74) is 6.61. The lowest BCUT2D eigenvalue weighted by Gasteiger charge is -2.37. The molecule has 0 saturated carbocycles. The number of likely N-dealkylation sites (N-methyl/N-ethyl adjacent to an activating group) is 1. The van der Waals surface area contributed by atoms with Gasteiger partial charge in [-0.1, -0.05) is 30.3 Å². The third-order valence-corrected chi connectivity index (χ3v) is 4.10. The zero-order valence-electron chi connectivity index (χ0n) is 13.4. The van der Waals surface area contributed by atoms with E-state index in [0.29, 0.717) is 13.2 Å². The summed E-state index contributed by atoms with van der Waals surface area (Å²) in [6, 6.07) is 10.0. The van der Waals surface area contributed by atoms with E-state index in [1.165, 1.54) is 6.42 Å². The molecule has 0 spiro atoms. The van der Waals surface area contributed by atoms with Crippen molar-refractivity contribution in [2.45, 2.75) is 31.9 Å². The van der Waals surface area contributed by atoms with Gasteiger partial charge in [0.25, 0.3) is 0 Å². The van der Waals surface area contributed by atoms with E-state index in [0.717, 1.165) is 38.0 Å². The summed E-state index contributed by atoms with van der Waals surface area (Å²) >= 11 is 0. The van der Waals surface area contributed by atoms with E-state index < -0.39 is 0 Å². The van der Waals surface area contributed by atoms with Crippen LogP contribution in [-0.4, -0.2) is 55.2 Å². The number of ether oxygens (including phenoxy) is 1. The monoisotopic (exact) mass is 305 g/mol. The van der Waals surface area contributed by atoms with Crippen molar-refractivity contribution in [3.8, 4) is 0 Å². The van der Waals surface area contributed by atoms with Crippen LogP contribution in [0.5, 0.6) is 0 Å². The Bertz CT molecular complexity index is 452. The molecule has 0 radical (unpaired) electrons. The predicted octanol–water partition coefficient (Wildman–Crippen LogP) is 2.07. The molecular weight excluding hydrogens is 278 g/mol. The van der Waals surface area contributed by atoms with Crippen molar-refractivity contribution >= 4 is 6.09 Å². The van der Waals surface area contributed by atoms with Gasteiger partial charge in [0.05, 0.1) is 0 Å². The van der Waals surface area contributed by atoms with Crippen LogP contribution in [0, 0.1) is 0 Å². The van der Waals surface area contributed by atoms with Crippen LogP contribution in [0.15, 0.2) is 30.3 Å². The molecule has 5 heteroatoms. The highest BCUT2D eigenvalue weighted by atomic mass is 16.6. The molecule has 5 nitrogen and oxygen atoms in total. The molecule has 1 aromatic carbocycles. The van der Waals surface area contributed by atoms with Crippen LogP contribution < -0.4 is 5.73 Å². The molecule has 1 amide bonds. The second-order valence-corrected chi connectivity index (χ2v) is 5.93. The second kappa shape index (κ2) is 8.76. The number of piperidine rings is 1. The van der Waals surface area contributed by atoms with Crippen molar-refractivity contribution in [3.05, 3.63) is 35.9 Å². The number of benzene rings is 1. The van der Waals surface area contributed by atoms with Crippen LogP contribution in [-0.2, 0) is 11.3 Å². The molecule has 2 N–H and O–H groups in total. The lowest BCUT2D eigenvalue weighted by molar-refractivity contribution is 0.0594. The minimum Gasteiger partial charge on any atom is -0.445 e. The summed E-state index contributed by atoms with van der Waals surface area (Å²) in [6.45, 7) is 3.47. The van der Waals surface area contributed by atoms with Crippen molar-refractivity contribution in [1.29, 1.82) is 0 Å². The number of hydrogen-bond donors (Lipinski definition) is 1. The van der Waals surface area contributed by atoms with Gasteiger partial charge in [-0.3, -0.25) is 0 Å². The molecule has 0 bridgehead atoms. The Balaban J connectivity index is 1.87. The van der Waals surface area contributed by atoms with Crippen LogP contribution in [0.3, 0.4) is 0 Å². The Hall–Kier alpha value is -1.59. The lowest BCUT2D eigenvalue weighted by Crippen LogP contribution is -2.49. The van der Waals surface area contributed by atoms with Gasteiger partial charge < -0.3 is 20.3 Å². The van der Waals surface area contributed by atoms with E-state index in [2.05, 4.69) is 11.9 Å². The van der Waals surface area contributed by atoms with Crippen molar-refractivity contribution in [2.75, 3.05) is 33.2 Å². The maximum absolute atomic E-state index is 12.4. The quantitative estimate of drug-likeness (QED) is 0.874. The van der Waals surface area contributed by atoms with Gasteiger partial charge in [0, 0.05) is 32.2 Å². The zero-order valence-corrected chi connectivity index (χ0v) is 13.4. The second-order valence-electron chi connectivity index (χ2n) is 5.93. The summed E-state index contributed by atoms with van der Waals surface area (Å²) < 4.78 is 5.48. The lowest BCUT2D eigenvalue weighted by atomic mass is 10.0. The third-order valence-electron chi connectivity index (χ3n) is 4.10. The van der Waals surface area contributed by atoms with Gasteiger partial charge in [-0.2, -0.15) is 0 Å². The number of carbonyl (C=O) groups is 1. The first-order valence-electron chi connectivity index (χ1n) is 8.06. The maximum Gasteiger partial charge on any atom is 0.410 e. The summed E-state index contributed by atoms with van der Waals surface area (Å²) in [5.74, 6) is 0. The molecule has 2 rings (SSSR count). The first-order chi connectivity index (χ1) is 10.7. The fourth-order valence-corrected chi connectivity index (χ4v) is 2.90. The number of hydrogen-bond acceptors (Lipinski definition) is 4. The highest BCUT2D eigenvalue weighted by Gasteiger charge is 2.28. The fraction of sp³-hybridized carbons (Fsp3) is 0.588.